The van der Waals surface area contributed by atoms with Gasteiger partial charge >= 0.3 is 0 Å². The van der Waals surface area contributed by atoms with Crippen molar-refractivity contribution < 1.29 is 0 Å². The van der Waals surface area contributed by atoms with E-state index < -0.39 is 0 Å². The summed E-state index contributed by atoms with van der Waals surface area (Å²) in [4.78, 5) is 10.3. The average molecular weight is 385 g/mol. The van der Waals surface area contributed by atoms with Crippen LogP contribution in [0.25, 0.3) is 0 Å². The number of hydrogen-bond acceptors (Lipinski definition) is 2. The SMILES string of the molecule is NC(=NC1CCCCC1)C12CC3CC(C1)CC(C(N)=NC1CCCCC1)(C3)C2. The van der Waals surface area contributed by atoms with Gasteiger partial charge in [0.2, 0.25) is 0 Å². The summed E-state index contributed by atoms with van der Waals surface area (Å²) in [5.74, 6) is 3.54. The zero-order valence-corrected chi connectivity index (χ0v) is 17.7. The Labute approximate surface area is 171 Å². The topological polar surface area (TPSA) is 76.8 Å². The van der Waals surface area contributed by atoms with Crippen LogP contribution in [0, 0.1) is 22.7 Å². The van der Waals surface area contributed by atoms with Gasteiger partial charge in [0.05, 0.1) is 12.1 Å². The van der Waals surface area contributed by atoms with Crippen molar-refractivity contribution in [2.24, 2.45) is 44.1 Å². The van der Waals surface area contributed by atoms with Crippen molar-refractivity contribution in [3.63, 3.8) is 0 Å². The van der Waals surface area contributed by atoms with Crippen LogP contribution in [-0.4, -0.2) is 23.8 Å². The molecule has 4 nitrogen and oxygen atoms in total. The fraction of sp³-hybridized carbons (Fsp3) is 0.917. The van der Waals surface area contributed by atoms with Gasteiger partial charge in [0.25, 0.3) is 0 Å². The average Bonchev–Trinajstić information content (AvgIpc) is 2.68. The lowest BCUT2D eigenvalue weighted by atomic mass is 9.43. The maximum atomic E-state index is 6.82. The van der Waals surface area contributed by atoms with Crippen LogP contribution in [0.4, 0.5) is 0 Å². The summed E-state index contributed by atoms with van der Waals surface area (Å²) < 4.78 is 0. The van der Waals surface area contributed by atoms with Crippen LogP contribution in [0.2, 0.25) is 0 Å². The Morgan fingerprint density at radius 1 is 0.607 bits per heavy atom. The Hall–Kier alpha value is -1.06. The van der Waals surface area contributed by atoms with E-state index in [1.165, 1.54) is 96.3 Å². The second-order valence-electron chi connectivity index (χ2n) is 11.1. The van der Waals surface area contributed by atoms with Gasteiger partial charge in [-0.1, -0.05) is 38.5 Å². The molecule has 6 fully saturated rings. The maximum absolute atomic E-state index is 6.82. The molecule has 0 heterocycles. The first-order chi connectivity index (χ1) is 13.6. The molecule has 0 aromatic heterocycles. The lowest BCUT2D eigenvalue weighted by Gasteiger charge is -2.61. The van der Waals surface area contributed by atoms with Crippen LogP contribution >= 0.6 is 0 Å². The second kappa shape index (κ2) is 7.32. The van der Waals surface area contributed by atoms with Gasteiger partial charge in [0.1, 0.15) is 11.7 Å². The minimum atomic E-state index is 0.119. The quantitative estimate of drug-likeness (QED) is 0.531. The number of aliphatic imine (C=N–C) groups is 2. The van der Waals surface area contributed by atoms with Crippen molar-refractivity contribution in [3.8, 4) is 0 Å². The standard InChI is InChI=1S/C24H40N4/c25-21(27-19-7-3-1-4-8-19)23-12-17-11-18(13-23)15-24(14-17,16-23)22(26)28-20-9-5-2-6-10-20/h17-20H,1-16H2,(H2,25,27)(H2,26,28). The highest BCUT2D eigenvalue weighted by Gasteiger charge is 2.60. The summed E-state index contributed by atoms with van der Waals surface area (Å²) in [5, 5.41) is 0. The minimum Gasteiger partial charge on any atom is -0.387 e. The van der Waals surface area contributed by atoms with Gasteiger partial charge in [0, 0.05) is 10.8 Å². The highest BCUT2D eigenvalue weighted by atomic mass is 15.0. The zero-order chi connectivity index (χ0) is 19.2. The van der Waals surface area contributed by atoms with E-state index in [9.17, 15) is 0 Å². The molecule has 6 aliphatic rings. The molecule has 0 saturated heterocycles. The van der Waals surface area contributed by atoms with Crippen molar-refractivity contribution in [2.75, 3.05) is 0 Å². The zero-order valence-electron chi connectivity index (χ0n) is 17.7. The summed E-state index contributed by atoms with van der Waals surface area (Å²) in [5.41, 5.74) is 13.9. The molecule has 28 heavy (non-hydrogen) atoms. The van der Waals surface area contributed by atoms with E-state index in [2.05, 4.69) is 0 Å². The minimum absolute atomic E-state index is 0.119. The van der Waals surface area contributed by atoms with Crippen LogP contribution < -0.4 is 11.5 Å². The normalized spacial score (nSPS) is 42.9. The van der Waals surface area contributed by atoms with Crippen LogP contribution in [0.1, 0.15) is 103 Å². The predicted octanol–water partition coefficient (Wildman–Crippen LogP) is 4.95. The second-order valence-corrected chi connectivity index (χ2v) is 11.1. The van der Waals surface area contributed by atoms with E-state index in [1.807, 2.05) is 0 Å². The number of hydrogen-bond donors (Lipinski definition) is 2. The van der Waals surface area contributed by atoms with Crippen LogP contribution in [-0.2, 0) is 0 Å². The van der Waals surface area contributed by atoms with Gasteiger partial charge in [-0.25, -0.2) is 0 Å². The fourth-order valence-electron chi connectivity index (χ4n) is 7.95. The largest absolute Gasteiger partial charge is 0.387 e. The highest BCUT2D eigenvalue weighted by molar-refractivity contribution is 5.92. The Kier molecular flexibility index (Phi) is 4.95. The fourth-order valence-corrected chi connectivity index (χ4v) is 7.95. The van der Waals surface area contributed by atoms with Gasteiger partial charge in [-0.2, -0.15) is 0 Å². The lowest BCUT2D eigenvalue weighted by Crippen LogP contribution is -2.60. The first kappa shape index (κ1) is 18.9. The molecule has 6 aliphatic carbocycles. The third-order valence-corrected chi connectivity index (χ3v) is 8.94. The molecule has 0 aromatic carbocycles. The Balaban J connectivity index is 1.40. The van der Waals surface area contributed by atoms with Crippen molar-refractivity contribution in [1.29, 1.82) is 0 Å². The molecule has 4 N–H and O–H groups in total. The molecule has 0 aromatic rings. The summed E-state index contributed by atoms with van der Waals surface area (Å²) in [7, 11) is 0. The van der Waals surface area contributed by atoms with Gasteiger partial charge in [0.15, 0.2) is 0 Å². The van der Waals surface area contributed by atoms with Crippen molar-refractivity contribution in [1.82, 2.24) is 0 Å². The van der Waals surface area contributed by atoms with Gasteiger partial charge in [-0.15, -0.1) is 0 Å². The van der Waals surface area contributed by atoms with Gasteiger partial charge < -0.3 is 11.5 Å². The van der Waals surface area contributed by atoms with Crippen LogP contribution in [0.15, 0.2) is 9.98 Å². The Morgan fingerprint density at radius 3 is 1.39 bits per heavy atom. The van der Waals surface area contributed by atoms with Crippen molar-refractivity contribution in [2.45, 2.75) is 115 Å². The molecule has 156 valence electrons. The Morgan fingerprint density at radius 2 is 1.00 bits per heavy atom. The van der Waals surface area contributed by atoms with Crippen LogP contribution in [0.5, 0.6) is 0 Å². The van der Waals surface area contributed by atoms with E-state index in [1.54, 1.807) is 0 Å². The molecule has 4 bridgehead atoms. The van der Waals surface area contributed by atoms with E-state index in [4.69, 9.17) is 21.5 Å². The number of amidine groups is 2. The molecular weight excluding hydrogens is 344 g/mol. The van der Waals surface area contributed by atoms with E-state index in [-0.39, 0.29) is 10.8 Å². The van der Waals surface area contributed by atoms with Gasteiger partial charge in [-0.05, 0) is 76.0 Å². The van der Waals surface area contributed by atoms with E-state index in [0.29, 0.717) is 12.1 Å². The highest BCUT2D eigenvalue weighted by Crippen LogP contribution is 2.65. The predicted molar refractivity (Wildman–Crippen MR) is 117 cm³/mol. The van der Waals surface area contributed by atoms with Crippen LogP contribution in [0.3, 0.4) is 0 Å². The molecular formula is C24H40N4. The molecule has 0 aliphatic heterocycles. The monoisotopic (exact) mass is 384 g/mol. The molecule has 4 heteroatoms. The third kappa shape index (κ3) is 3.39. The van der Waals surface area contributed by atoms with E-state index >= 15 is 0 Å². The molecule has 0 amide bonds. The lowest BCUT2D eigenvalue weighted by molar-refractivity contribution is -0.0433. The maximum Gasteiger partial charge on any atom is 0.100 e. The first-order valence-corrected chi connectivity index (χ1v) is 12.2. The smallest absolute Gasteiger partial charge is 0.100 e. The van der Waals surface area contributed by atoms with Gasteiger partial charge in [-0.3, -0.25) is 9.98 Å². The number of nitrogens with two attached hydrogens (primary N) is 2. The molecule has 0 spiro atoms. The van der Waals surface area contributed by atoms with Crippen molar-refractivity contribution >= 4 is 11.7 Å². The third-order valence-electron chi connectivity index (χ3n) is 8.94. The molecule has 6 saturated carbocycles. The molecule has 0 radical (unpaired) electrons. The molecule has 6 rings (SSSR count). The molecule has 0 atom stereocenters. The summed E-state index contributed by atoms with van der Waals surface area (Å²) in [6, 6.07) is 0.955. The first-order valence-electron chi connectivity index (χ1n) is 12.2. The number of rotatable bonds is 4. The Bertz CT molecular complexity index is 573. The summed E-state index contributed by atoms with van der Waals surface area (Å²) >= 11 is 0. The summed E-state index contributed by atoms with van der Waals surface area (Å²) in [6.45, 7) is 0. The molecule has 0 unspecified atom stereocenters. The van der Waals surface area contributed by atoms with Crippen molar-refractivity contribution in [3.05, 3.63) is 0 Å². The summed E-state index contributed by atoms with van der Waals surface area (Å²) in [6.07, 6.45) is 20.5. The van der Waals surface area contributed by atoms with E-state index in [0.717, 1.165) is 29.9 Å². The number of nitrogens with zero attached hydrogens (tertiary/aromatic N) is 2.